The van der Waals surface area contributed by atoms with Crippen molar-refractivity contribution in [3.8, 4) is 17.2 Å². The van der Waals surface area contributed by atoms with Gasteiger partial charge in [0.2, 0.25) is 5.91 Å². The second-order valence-electron chi connectivity index (χ2n) is 4.27. The van der Waals surface area contributed by atoms with E-state index in [1.165, 1.54) is 19.1 Å². The van der Waals surface area contributed by atoms with Crippen LogP contribution in [0.25, 0.3) is 0 Å². The topological polar surface area (TPSA) is 58.6 Å². The molecule has 104 valence electrons. The number of phenols is 1. The van der Waals surface area contributed by atoms with E-state index in [1.807, 2.05) is 12.1 Å². The molecule has 0 fully saturated rings. The van der Waals surface area contributed by atoms with Crippen molar-refractivity contribution in [3.63, 3.8) is 0 Å². The van der Waals surface area contributed by atoms with Gasteiger partial charge in [0.15, 0.2) is 0 Å². The molecular formula is C15H14ClNO3. The van der Waals surface area contributed by atoms with Crippen molar-refractivity contribution in [2.45, 2.75) is 13.5 Å². The molecule has 0 radical (unpaired) electrons. The maximum Gasteiger partial charge on any atom is 0.217 e. The Bertz CT molecular complexity index is 611. The van der Waals surface area contributed by atoms with Crippen LogP contribution in [0.4, 0.5) is 0 Å². The molecule has 0 bridgehead atoms. The maximum absolute atomic E-state index is 10.8. The van der Waals surface area contributed by atoms with Crippen LogP contribution in [0.15, 0.2) is 42.5 Å². The number of hydrogen-bond donors (Lipinski definition) is 2. The number of amides is 1. The molecule has 4 nitrogen and oxygen atoms in total. The number of carbonyl (C=O) groups is 1. The predicted molar refractivity (Wildman–Crippen MR) is 77.2 cm³/mol. The second-order valence-corrected chi connectivity index (χ2v) is 4.68. The van der Waals surface area contributed by atoms with Crippen LogP contribution in [0, 0.1) is 0 Å². The van der Waals surface area contributed by atoms with Gasteiger partial charge in [0.1, 0.15) is 17.2 Å². The van der Waals surface area contributed by atoms with Gasteiger partial charge in [0.05, 0.1) is 5.02 Å². The molecule has 0 aliphatic rings. The second kappa shape index (κ2) is 6.30. The maximum atomic E-state index is 10.8. The minimum Gasteiger partial charge on any atom is -0.508 e. The van der Waals surface area contributed by atoms with Crippen LogP contribution in [-0.2, 0) is 11.3 Å². The molecule has 2 aromatic carbocycles. The highest BCUT2D eigenvalue weighted by Gasteiger charge is 2.04. The molecule has 0 saturated heterocycles. The highest BCUT2D eigenvalue weighted by atomic mass is 35.5. The van der Waals surface area contributed by atoms with Crippen molar-refractivity contribution >= 4 is 17.5 Å². The number of rotatable bonds is 4. The van der Waals surface area contributed by atoms with Crippen LogP contribution < -0.4 is 10.1 Å². The monoisotopic (exact) mass is 291 g/mol. The Morgan fingerprint density at radius 1 is 1.25 bits per heavy atom. The molecule has 0 aliphatic heterocycles. The molecule has 2 N–H and O–H groups in total. The van der Waals surface area contributed by atoms with Crippen LogP contribution in [0.1, 0.15) is 12.5 Å². The third-order valence-corrected chi connectivity index (χ3v) is 2.90. The average Bonchev–Trinajstić information content (AvgIpc) is 2.41. The van der Waals surface area contributed by atoms with Gasteiger partial charge in [-0.15, -0.1) is 0 Å². The first-order chi connectivity index (χ1) is 9.54. The molecule has 2 rings (SSSR count). The molecular weight excluding hydrogens is 278 g/mol. The molecule has 0 spiro atoms. The fraction of sp³-hybridized carbons (Fsp3) is 0.133. The fourth-order valence-corrected chi connectivity index (χ4v) is 1.81. The minimum atomic E-state index is -0.0683. The van der Waals surface area contributed by atoms with Crippen molar-refractivity contribution in [3.05, 3.63) is 53.1 Å². The largest absolute Gasteiger partial charge is 0.508 e. The third kappa shape index (κ3) is 3.90. The highest BCUT2D eigenvalue weighted by Crippen LogP contribution is 2.31. The molecule has 0 unspecified atom stereocenters. The Morgan fingerprint density at radius 3 is 2.55 bits per heavy atom. The van der Waals surface area contributed by atoms with Crippen LogP contribution in [0.2, 0.25) is 5.02 Å². The van der Waals surface area contributed by atoms with Gasteiger partial charge in [-0.05, 0) is 29.8 Å². The smallest absolute Gasteiger partial charge is 0.217 e. The van der Waals surface area contributed by atoms with Crippen LogP contribution >= 0.6 is 11.6 Å². The number of aromatic hydroxyl groups is 1. The van der Waals surface area contributed by atoms with Crippen molar-refractivity contribution in [2.75, 3.05) is 0 Å². The molecule has 0 atom stereocenters. The zero-order valence-corrected chi connectivity index (χ0v) is 11.6. The minimum absolute atomic E-state index is 0.0683. The predicted octanol–water partition coefficient (Wildman–Crippen LogP) is 3.47. The first-order valence-corrected chi connectivity index (χ1v) is 6.42. The lowest BCUT2D eigenvalue weighted by molar-refractivity contribution is -0.119. The van der Waals surface area contributed by atoms with Crippen LogP contribution in [-0.4, -0.2) is 11.0 Å². The van der Waals surface area contributed by atoms with Gasteiger partial charge in [-0.25, -0.2) is 0 Å². The molecule has 2 aromatic rings. The summed E-state index contributed by atoms with van der Waals surface area (Å²) in [7, 11) is 0. The summed E-state index contributed by atoms with van der Waals surface area (Å²) in [5, 5.41) is 12.3. The normalized spacial score (nSPS) is 10.1. The number of phenolic OH excluding ortho intramolecular Hbond substituents is 1. The first kappa shape index (κ1) is 14.2. The molecule has 0 saturated carbocycles. The fourth-order valence-electron chi connectivity index (χ4n) is 1.60. The summed E-state index contributed by atoms with van der Waals surface area (Å²) in [6, 6.07) is 11.8. The number of benzene rings is 2. The third-order valence-electron chi connectivity index (χ3n) is 2.61. The average molecular weight is 292 g/mol. The molecule has 20 heavy (non-hydrogen) atoms. The summed E-state index contributed by atoms with van der Waals surface area (Å²) < 4.78 is 5.61. The van der Waals surface area contributed by atoms with Gasteiger partial charge in [0.25, 0.3) is 0 Å². The van der Waals surface area contributed by atoms with E-state index in [-0.39, 0.29) is 11.7 Å². The molecule has 0 aliphatic carbocycles. The number of nitrogens with one attached hydrogen (secondary N) is 1. The zero-order valence-electron chi connectivity index (χ0n) is 10.9. The Balaban J connectivity index is 2.05. The van der Waals surface area contributed by atoms with E-state index in [9.17, 15) is 9.90 Å². The summed E-state index contributed by atoms with van der Waals surface area (Å²) >= 11 is 5.96. The quantitative estimate of drug-likeness (QED) is 0.907. The Labute approximate surface area is 122 Å². The van der Waals surface area contributed by atoms with Crippen molar-refractivity contribution in [1.29, 1.82) is 0 Å². The Hall–Kier alpha value is -2.20. The van der Waals surface area contributed by atoms with Crippen LogP contribution in [0.5, 0.6) is 17.2 Å². The van der Waals surface area contributed by atoms with E-state index < -0.39 is 0 Å². The van der Waals surface area contributed by atoms with E-state index >= 15 is 0 Å². The van der Waals surface area contributed by atoms with Gasteiger partial charge in [-0.3, -0.25) is 4.79 Å². The van der Waals surface area contributed by atoms with Gasteiger partial charge in [0, 0.05) is 19.5 Å². The van der Waals surface area contributed by atoms with Gasteiger partial charge < -0.3 is 15.2 Å². The lowest BCUT2D eigenvalue weighted by atomic mass is 10.2. The van der Waals surface area contributed by atoms with Gasteiger partial charge >= 0.3 is 0 Å². The standard InChI is InChI=1S/C15H14ClNO3/c1-10(18)17-9-11-2-5-13(6-3-11)20-15-7-4-12(19)8-14(15)16/h2-8,19H,9H2,1H3,(H,17,18). The number of hydrogen-bond acceptors (Lipinski definition) is 3. The first-order valence-electron chi connectivity index (χ1n) is 6.04. The van der Waals surface area contributed by atoms with E-state index in [1.54, 1.807) is 18.2 Å². The number of halogens is 1. The van der Waals surface area contributed by atoms with Crippen molar-refractivity contribution < 1.29 is 14.6 Å². The van der Waals surface area contributed by atoms with Crippen molar-refractivity contribution in [2.24, 2.45) is 0 Å². The Kier molecular flexibility index (Phi) is 4.48. The molecule has 5 heteroatoms. The zero-order chi connectivity index (χ0) is 14.5. The lowest BCUT2D eigenvalue weighted by Crippen LogP contribution is -2.18. The Morgan fingerprint density at radius 2 is 1.95 bits per heavy atom. The van der Waals surface area contributed by atoms with Gasteiger partial charge in [-0.2, -0.15) is 0 Å². The summed E-state index contributed by atoms with van der Waals surface area (Å²) in [6.45, 7) is 1.96. The number of carbonyl (C=O) groups excluding carboxylic acids is 1. The summed E-state index contributed by atoms with van der Waals surface area (Å²) in [6.07, 6.45) is 0. The summed E-state index contributed by atoms with van der Waals surface area (Å²) in [4.78, 5) is 10.8. The molecule has 0 heterocycles. The SMILES string of the molecule is CC(=O)NCc1ccc(Oc2ccc(O)cc2Cl)cc1. The number of ether oxygens (including phenoxy) is 1. The highest BCUT2D eigenvalue weighted by molar-refractivity contribution is 6.32. The lowest BCUT2D eigenvalue weighted by Gasteiger charge is -2.09. The summed E-state index contributed by atoms with van der Waals surface area (Å²) in [5.74, 6) is 1.12. The summed E-state index contributed by atoms with van der Waals surface area (Å²) in [5.41, 5.74) is 0.976. The van der Waals surface area contributed by atoms with E-state index in [0.29, 0.717) is 23.1 Å². The molecule has 1 amide bonds. The van der Waals surface area contributed by atoms with Gasteiger partial charge in [-0.1, -0.05) is 23.7 Å². The van der Waals surface area contributed by atoms with E-state index in [4.69, 9.17) is 16.3 Å². The molecule has 0 aromatic heterocycles. The van der Waals surface area contributed by atoms with Crippen LogP contribution in [0.3, 0.4) is 0 Å². The van der Waals surface area contributed by atoms with E-state index in [0.717, 1.165) is 5.56 Å². The van der Waals surface area contributed by atoms with Crippen molar-refractivity contribution in [1.82, 2.24) is 5.32 Å². The van der Waals surface area contributed by atoms with E-state index in [2.05, 4.69) is 5.32 Å².